The van der Waals surface area contributed by atoms with Crippen LogP contribution in [0.25, 0.3) is 0 Å². The number of allylic oxidation sites excluding steroid dienone is 1. The molecule has 3 nitrogen and oxygen atoms in total. The first-order chi connectivity index (χ1) is 10.2. The summed E-state index contributed by atoms with van der Waals surface area (Å²) >= 11 is 0. The van der Waals surface area contributed by atoms with Crippen LogP contribution in [0.2, 0.25) is 0 Å². The molecule has 124 valence electrons. The highest BCUT2D eigenvalue weighted by Crippen LogP contribution is 2.30. The zero-order chi connectivity index (χ0) is 15.1. The second-order valence-electron chi connectivity index (χ2n) is 5.58. The predicted molar refractivity (Wildman–Crippen MR) is 91.2 cm³/mol. The number of rotatable bonds is 7. The van der Waals surface area contributed by atoms with Gasteiger partial charge in [-0.1, -0.05) is 18.6 Å². The molecule has 1 aromatic rings. The van der Waals surface area contributed by atoms with Crippen LogP contribution in [0.1, 0.15) is 37.3 Å². The van der Waals surface area contributed by atoms with E-state index in [1.165, 1.54) is 6.07 Å². The molecule has 1 fully saturated rings. The van der Waals surface area contributed by atoms with Gasteiger partial charge in [0.05, 0.1) is 0 Å². The summed E-state index contributed by atoms with van der Waals surface area (Å²) in [6.45, 7) is 7.51. The summed E-state index contributed by atoms with van der Waals surface area (Å²) in [7, 11) is 0. The second kappa shape index (κ2) is 9.82. The van der Waals surface area contributed by atoms with Crippen molar-refractivity contribution in [2.75, 3.05) is 26.2 Å². The third-order valence-electron chi connectivity index (χ3n) is 4.07. The number of phenols is 1. The van der Waals surface area contributed by atoms with Crippen molar-refractivity contribution in [3.63, 3.8) is 0 Å². The molecule has 22 heavy (non-hydrogen) atoms. The quantitative estimate of drug-likeness (QED) is 0.592. The summed E-state index contributed by atoms with van der Waals surface area (Å²) in [4.78, 5) is 2.35. The van der Waals surface area contributed by atoms with E-state index < -0.39 is 0 Å². The van der Waals surface area contributed by atoms with Crippen molar-refractivity contribution >= 4 is 12.4 Å². The number of unbranched alkanes of at least 4 members (excludes halogenated alkanes) is 2. The number of piperazine rings is 1. The Hall–Kier alpha value is -1.10. The molecule has 0 spiro atoms. The van der Waals surface area contributed by atoms with Crippen LogP contribution in [0.4, 0.5) is 4.39 Å². The number of nitrogens with one attached hydrogen (secondary N) is 1. The van der Waals surface area contributed by atoms with Crippen molar-refractivity contribution in [3.05, 3.63) is 42.2 Å². The van der Waals surface area contributed by atoms with Gasteiger partial charge in [0.2, 0.25) is 0 Å². The molecule has 0 unspecified atom stereocenters. The fraction of sp³-hybridized carbons (Fsp3) is 0.529. The molecule has 0 aliphatic carbocycles. The molecule has 2 rings (SSSR count). The molecule has 5 heteroatoms. The Kier molecular flexibility index (Phi) is 8.46. The van der Waals surface area contributed by atoms with Crippen LogP contribution in [-0.4, -0.2) is 36.2 Å². The number of hydrogen-bond acceptors (Lipinski definition) is 3. The molecule has 0 aromatic heterocycles. The van der Waals surface area contributed by atoms with Crippen molar-refractivity contribution in [2.24, 2.45) is 0 Å². The molecule has 1 saturated heterocycles. The average Bonchev–Trinajstić information content (AvgIpc) is 2.49. The lowest BCUT2D eigenvalue weighted by molar-refractivity contribution is 0.159. The largest absolute Gasteiger partial charge is 0.508 e. The van der Waals surface area contributed by atoms with Gasteiger partial charge in [-0.05, 0) is 25.3 Å². The molecule has 0 saturated carbocycles. The molecule has 1 atom stereocenters. The Morgan fingerprint density at radius 2 is 2.05 bits per heavy atom. The highest BCUT2D eigenvalue weighted by atomic mass is 35.5. The summed E-state index contributed by atoms with van der Waals surface area (Å²) in [6, 6.07) is 4.62. The molecule has 1 heterocycles. The number of phenolic OH excluding ortho intramolecular Hbond substituents is 1. The Morgan fingerprint density at radius 1 is 1.32 bits per heavy atom. The van der Waals surface area contributed by atoms with Crippen molar-refractivity contribution < 1.29 is 9.50 Å². The Balaban J connectivity index is 0.00000242. The van der Waals surface area contributed by atoms with Gasteiger partial charge >= 0.3 is 0 Å². The molecular formula is C17H26ClFN2O. The number of nitrogens with zero attached hydrogens (tertiary/aromatic N) is 1. The van der Waals surface area contributed by atoms with E-state index >= 15 is 0 Å². The smallest absolute Gasteiger partial charge is 0.131 e. The first-order valence-corrected chi connectivity index (χ1v) is 7.76. The van der Waals surface area contributed by atoms with Crippen LogP contribution in [0.5, 0.6) is 5.75 Å². The van der Waals surface area contributed by atoms with Gasteiger partial charge in [0.25, 0.3) is 0 Å². The topological polar surface area (TPSA) is 35.5 Å². The highest BCUT2D eigenvalue weighted by molar-refractivity contribution is 5.85. The van der Waals surface area contributed by atoms with Gasteiger partial charge in [-0.3, -0.25) is 4.90 Å². The molecular weight excluding hydrogens is 303 g/mol. The third-order valence-corrected chi connectivity index (χ3v) is 4.07. The molecule has 1 aromatic carbocycles. The second-order valence-corrected chi connectivity index (χ2v) is 5.58. The summed E-state index contributed by atoms with van der Waals surface area (Å²) in [5, 5.41) is 12.7. The van der Waals surface area contributed by atoms with Crippen molar-refractivity contribution in [1.29, 1.82) is 0 Å². The third kappa shape index (κ3) is 5.27. The molecule has 0 bridgehead atoms. The van der Waals surface area contributed by atoms with E-state index in [1.54, 1.807) is 12.1 Å². The van der Waals surface area contributed by atoms with Gasteiger partial charge in [0.1, 0.15) is 11.6 Å². The molecule has 0 amide bonds. The normalized spacial score (nSPS) is 16.8. The van der Waals surface area contributed by atoms with Gasteiger partial charge in [-0.2, -0.15) is 0 Å². The van der Waals surface area contributed by atoms with Gasteiger partial charge < -0.3 is 10.4 Å². The average molecular weight is 329 g/mol. The summed E-state index contributed by atoms with van der Waals surface area (Å²) in [6.07, 6.45) is 6.02. The molecule has 1 aliphatic rings. The maximum atomic E-state index is 14.2. The predicted octanol–water partition coefficient (Wildman–Crippen LogP) is 3.65. The number of hydrogen-bond donors (Lipinski definition) is 2. The summed E-state index contributed by atoms with van der Waals surface area (Å²) < 4.78 is 14.2. The highest BCUT2D eigenvalue weighted by Gasteiger charge is 2.24. The van der Waals surface area contributed by atoms with Crippen LogP contribution < -0.4 is 5.32 Å². The number of halogens is 2. The first kappa shape index (κ1) is 18.9. The minimum absolute atomic E-state index is 0. The number of benzene rings is 1. The van der Waals surface area contributed by atoms with Gasteiger partial charge in [0, 0.05) is 43.9 Å². The summed E-state index contributed by atoms with van der Waals surface area (Å²) in [5.41, 5.74) is 0.702. The van der Waals surface area contributed by atoms with Crippen LogP contribution in [0.15, 0.2) is 30.9 Å². The maximum absolute atomic E-state index is 14.2. The van der Waals surface area contributed by atoms with Gasteiger partial charge in [-0.15, -0.1) is 19.0 Å². The molecule has 2 N–H and O–H groups in total. The minimum Gasteiger partial charge on any atom is -0.508 e. The van der Waals surface area contributed by atoms with Crippen LogP contribution in [-0.2, 0) is 0 Å². The lowest BCUT2D eigenvalue weighted by Crippen LogP contribution is -2.45. The van der Waals surface area contributed by atoms with Gasteiger partial charge in [0.15, 0.2) is 0 Å². The summed E-state index contributed by atoms with van der Waals surface area (Å²) in [5.74, 6) is -0.316. The van der Waals surface area contributed by atoms with Crippen molar-refractivity contribution in [3.8, 4) is 5.75 Å². The maximum Gasteiger partial charge on any atom is 0.131 e. The first-order valence-electron chi connectivity index (χ1n) is 7.76. The molecule has 1 aliphatic heterocycles. The SMILES string of the molecule is C=CCCCC[C@H](c1ccc(O)cc1F)N1CCNCC1.Cl. The Bertz CT molecular complexity index is 464. The van der Waals surface area contributed by atoms with E-state index in [2.05, 4.69) is 16.8 Å². The lowest BCUT2D eigenvalue weighted by Gasteiger charge is -2.35. The zero-order valence-electron chi connectivity index (χ0n) is 12.9. The lowest BCUT2D eigenvalue weighted by atomic mass is 9.97. The molecule has 0 radical (unpaired) electrons. The minimum atomic E-state index is -0.303. The van der Waals surface area contributed by atoms with E-state index in [1.807, 2.05) is 6.08 Å². The monoisotopic (exact) mass is 328 g/mol. The Labute approximate surface area is 138 Å². The van der Waals surface area contributed by atoms with Crippen LogP contribution in [0, 0.1) is 5.82 Å². The van der Waals surface area contributed by atoms with E-state index in [0.717, 1.165) is 51.9 Å². The van der Waals surface area contributed by atoms with Crippen molar-refractivity contribution in [2.45, 2.75) is 31.7 Å². The van der Waals surface area contributed by atoms with E-state index in [4.69, 9.17) is 0 Å². The fourth-order valence-electron chi connectivity index (χ4n) is 2.94. The number of aromatic hydroxyl groups is 1. The van der Waals surface area contributed by atoms with E-state index in [0.29, 0.717) is 5.56 Å². The standard InChI is InChI=1S/C17H25FN2O.ClH/c1-2-3-4-5-6-17(20-11-9-19-10-12-20)15-8-7-14(21)13-16(15)18;/h2,7-8,13,17,19,21H,1,3-6,9-12H2;1H/t17-;/m1./s1. The Morgan fingerprint density at radius 3 is 2.68 bits per heavy atom. The van der Waals surface area contributed by atoms with Gasteiger partial charge in [-0.25, -0.2) is 4.39 Å². The van der Waals surface area contributed by atoms with Crippen LogP contribution >= 0.6 is 12.4 Å². The zero-order valence-corrected chi connectivity index (χ0v) is 13.7. The van der Waals surface area contributed by atoms with E-state index in [9.17, 15) is 9.50 Å². The van der Waals surface area contributed by atoms with Crippen molar-refractivity contribution in [1.82, 2.24) is 10.2 Å². The van der Waals surface area contributed by atoms with E-state index in [-0.39, 0.29) is 30.0 Å². The van der Waals surface area contributed by atoms with Crippen LogP contribution in [0.3, 0.4) is 0 Å². The fourth-order valence-corrected chi connectivity index (χ4v) is 2.94.